The summed E-state index contributed by atoms with van der Waals surface area (Å²) in [6, 6.07) is 9.61. The maximum atomic E-state index is 14.7. The number of aromatic nitrogens is 4. The zero-order valence-electron chi connectivity index (χ0n) is 20.1. The molecular weight excluding hydrogens is 485 g/mol. The second-order valence-corrected chi connectivity index (χ2v) is 9.36. The quantitative estimate of drug-likeness (QED) is 0.356. The van der Waals surface area contributed by atoms with Crippen molar-refractivity contribution in [2.45, 2.75) is 33.0 Å². The van der Waals surface area contributed by atoms with Crippen LogP contribution in [0.1, 0.15) is 41.2 Å². The van der Waals surface area contributed by atoms with Gasteiger partial charge in [-0.05, 0) is 56.4 Å². The second-order valence-electron chi connectivity index (χ2n) is 8.41. The van der Waals surface area contributed by atoms with Crippen molar-refractivity contribution in [1.29, 1.82) is 0 Å². The third kappa shape index (κ3) is 5.64. The molecule has 0 saturated carbocycles. The molecule has 1 amide bonds. The SMILES string of the molecule is COc1cccc(F)c1-c1cc(C)ncc1C(=O)Nc1nnc(OCc2ccc(C(C)(C)O)nc2)s1. The molecular formula is C25H24FN5O4S. The van der Waals surface area contributed by atoms with E-state index < -0.39 is 17.3 Å². The number of hydrogen-bond donors (Lipinski definition) is 2. The molecule has 4 rings (SSSR count). The molecule has 3 heterocycles. The van der Waals surface area contributed by atoms with E-state index in [1.807, 2.05) is 0 Å². The normalized spacial score (nSPS) is 11.3. The third-order valence-corrected chi connectivity index (χ3v) is 5.94. The van der Waals surface area contributed by atoms with Gasteiger partial charge in [0.2, 0.25) is 5.13 Å². The van der Waals surface area contributed by atoms with Crippen molar-refractivity contribution in [3.8, 4) is 22.1 Å². The average Bonchev–Trinajstić information content (AvgIpc) is 3.29. The lowest BCUT2D eigenvalue weighted by molar-refractivity contribution is 0.0737. The summed E-state index contributed by atoms with van der Waals surface area (Å²) in [5.41, 5.74) is 1.57. The zero-order chi connectivity index (χ0) is 25.9. The molecule has 3 aromatic heterocycles. The minimum atomic E-state index is -1.03. The van der Waals surface area contributed by atoms with Crippen LogP contribution in [0.2, 0.25) is 0 Å². The number of carbonyl (C=O) groups excluding carboxylic acids is 1. The topological polar surface area (TPSA) is 119 Å². The molecule has 0 fully saturated rings. The van der Waals surface area contributed by atoms with E-state index in [9.17, 15) is 14.3 Å². The number of methoxy groups -OCH3 is 1. The van der Waals surface area contributed by atoms with Crippen LogP contribution in [0.25, 0.3) is 11.1 Å². The first-order chi connectivity index (χ1) is 17.2. The molecule has 0 aliphatic heterocycles. The maximum absolute atomic E-state index is 14.7. The highest BCUT2D eigenvalue weighted by Crippen LogP contribution is 2.35. The lowest BCUT2D eigenvalue weighted by atomic mass is 9.98. The largest absolute Gasteiger partial charge is 0.496 e. The molecule has 0 aliphatic rings. The van der Waals surface area contributed by atoms with Crippen molar-refractivity contribution in [1.82, 2.24) is 20.2 Å². The number of aryl methyl sites for hydroxylation is 1. The molecule has 1 aromatic carbocycles. The van der Waals surface area contributed by atoms with Gasteiger partial charge in [0.15, 0.2) is 0 Å². The predicted octanol–water partition coefficient (Wildman–Crippen LogP) is 4.51. The average molecular weight is 510 g/mol. The molecule has 2 N–H and O–H groups in total. The number of nitrogens with one attached hydrogen (secondary N) is 1. The van der Waals surface area contributed by atoms with Crippen LogP contribution in [0.4, 0.5) is 9.52 Å². The number of aliphatic hydroxyl groups is 1. The number of pyridine rings is 2. The summed E-state index contributed by atoms with van der Waals surface area (Å²) in [5.74, 6) is -0.756. The number of rotatable bonds is 8. The van der Waals surface area contributed by atoms with Gasteiger partial charge in [-0.25, -0.2) is 4.39 Å². The van der Waals surface area contributed by atoms with E-state index in [1.54, 1.807) is 51.2 Å². The summed E-state index contributed by atoms with van der Waals surface area (Å²) in [4.78, 5) is 21.5. The minimum Gasteiger partial charge on any atom is -0.496 e. The van der Waals surface area contributed by atoms with Gasteiger partial charge >= 0.3 is 0 Å². The Morgan fingerprint density at radius 2 is 1.97 bits per heavy atom. The van der Waals surface area contributed by atoms with Crippen LogP contribution < -0.4 is 14.8 Å². The second kappa shape index (κ2) is 10.3. The van der Waals surface area contributed by atoms with E-state index in [4.69, 9.17) is 9.47 Å². The zero-order valence-corrected chi connectivity index (χ0v) is 20.9. The van der Waals surface area contributed by atoms with E-state index in [0.717, 1.165) is 16.9 Å². The number of carbonyl (C=O) groups is 1. The Morgan fingerprint density at radius 3 is 2.67 bits per heavy atom. The maximum Gasteiger partial charge on any atom is 0.296 e. The Labute approximate surface area is 211 Å². The van der Waals surface area contributed by atoms with Crippen molar-refractivity contribution in [3.05, 3.63) is 77.1 Å². The number of halogens is 1. The highest BCUT2D eigenvalue weighted by Gasteiger charge is 2.21. The predicted molar refractivity (Wildman–Crippen MR) is 133 cm³/mol. The van der Waals surface area contributed by atoms with E-state index in [2.05, 4.69) is 25.5 Å². The van der Waals surface area contributed by atoms with Gasteiger partial charge in [0.05, 0.1) is 23.9 Å². The molecule has 0 aliphatic carbocycles. The van der Waals surface area contributed by atoms with Crippen molar-refractivity contribution in [3.63, 3.8) is 0 Å². The van der Waals surface area contributed by atoms with Crippen LogP contribution in [0.5, 0.6) is 10.9 Å². The molecule has 0 radical (unpaired) electrons. The Morgan fingerprint density at radius 1 is 1.17 bits per heavy atom. The molecule has 0 spiro atoms. The van der Waals surface area contributed by atoms with Crippen molar-refractivity contribution >= 4 is 22.4 Å². The molecule has 0 saturated heterocycles. The summed E-state index contributed by atoms with van der Waals surface area (Å²) < 4.78 is 25.7. The van der Waals surface area contributed by atoms with Gasteiger partial charge in [0.25, 0.3) is 11.1 Å². The molecule has 36 heavy (non-hydrogen) atoms. The minimum absolute atomic E-state index is 0.152. The lowest BCUT2D eigenvalue weighted by Gasteiger charge is -2.16. The third-order valence-electron chi connectivity index (χ3n) is 5.19. The van der Waals surface area contributed by atoms with Crippen LogP contribution in [0.3, 0.4) is 0 Å². The fourth-order valence-corrected chi connectivity index (χ4v) is 3.97. The van der Waals surface area contributed by atoms with Gasteiger partial charge in [-0.2, -0.15) is 0 Å². The fraction of sp³-hybridized carbons (Fsp3) is 0.240. The van der Waals surface area contributed by atoms with Crippen molar-refractivity contribution in [2.24, 2.45) is 0 Å². The van der Waals surface area contributed by atoms with Crippen LogP contribution in [0.15, 0.2) is 48.8 Å². The summed E-state index contributed by atoms with van der Waals surface area (Å²) in [6.07, 6.45) is 2.99. The number of amides is 1. The smallest absolute Gasteiger partial charge is 0.296 e. The Kier molecular flexibility index (Phi) is 7.22. The van der Waals surface area contributed by atoms with E-state index in [1.165, 1.54) is 25.4 Å². The van der Waals surface area contributed by atoms with Crippen LogP contribution in [-0.2, 0) is 12.2 Å². The summed E-state index contributed by atoms with van der Waals surface area (Å²) in [5, 5.41) is 21.0. The van der Waals surface area contributed by atoms with Gasteiger partial charge in [-0.3, -0.25) is 20.1 Å². The van der Waals surface area contributed by atoms with Crippen molar-refractivity contribution in [2.75, 3.05) is 12.4 Å². The molecule has 0 bridgehead atoms. The van der Waals surface area contributed by atoms with Crippen LogP contribution in [0, 0.1) is 12.7 Å². The van der Waals surface area contributed by atoms with Gasteiger partial charge in [0, 0.05) is 29.2 Å². The number of ether oxygens (including phenoxy) is 2. The van der Waals surface area contributed by atoms with E-state index in [0.29, 0.717) is 22.7 Å². The molecule has 186 valence electrons. The highest BCUT2D eigenvalue weighted by atomic mass is 32.1. The first-order valence-corrected chi connectivity index (χ1v) is 11.7. The Hall–Kier alpha value is -3.96. The summed E-state index contributed by atoms with van der Waals surface area (Å²) in [7, 11) is 1.44. The number of hydrogen-bond acceptors (Lipinski definition) is 9. The number of nitrogens with zero attached hydrogens (tertiary/aromatic N) is 4. The van der Waals surface area contributed by atoms with Crippen LogP contribution >= 0.6 is 11.3 Å². The first kappa shape index (κ1) is 25.1. The van der Waals surface area contributed by atoms with Gasteiger partial charge in [0.1, 0.15) is 23.8 Å². The van der Waals surface area contributed by atoms with E-state index >= 15 is 0 Å². The first-order valence-electron chi connectivity index (χ1n) is 10.9. The van der Waals surface area contributed by atoms with Crippen molar-refractivity contribution < 1.29 is 23.8 Å². The standard InChI is InChI=1S/C25H24FN5O4S/c1-14-10-16(21-18(26)6-5-7-19(21)34-4)17(12-27-14)22(32)29-23-30-31-24(36-23)35-13-15-8-9-20(28-11-15)25(2,3)33/h5-12,33H,13H2,1-4H3,(H,29,30,32). The van der Waals surface area contributed by atoms with Gasteiger partial charge < -0.3 is 14.6 Å². The Bertz CT molecular complexity index is 1390. The fourth-order valence-electron chi connectivity index (χ4n) is 3.38. The molecule has 9 nitrogen and oxygen atoms in total. The molecule has 11 heteroatoms. The lowest BCUT2D eigenvalue weighted by Crippen LogP contribution is -2.17. The Balaban J connectivity index is 1.49. The molecule has 4 aromatic rings. The number of anilines is 1. The van der Waals surface area contributed by atoms with Crippen LogP contribution in [-0.4, -0.2) is 38.3 Å². The van der Waals surface area contributed by atoms with E-state index in [-0.39, 0.29) is 28.1 Å². The molecule has 0 unspecified atom stereocenters. The monoisotopic (exact) mass is 509 g/mol. The summed E-state index contributed by atoms with van der Waals surface area (Å²) >= 11 is 1.04. The van der Waals surface area contributed by atoms with Gasteiger partial charge in [-0.15, -0.1) is 5.10 Å². The highest BCUT2D eigenvalue weighted by molar-refractivity contribution is 7.17. The summed E-state index contributed by atoms with van der Waals surface area (Å²) in [6.45, 7) is 5.25. The number of benzene rings is 1. The molecule has 0 atom stereocenters. The van der Waals surface area contributed by atoms with Gasteiger partial charge in [-0.1, -0.05) is 17.2 Å².